The summed E-state index contributed by atoms with van der Waals surface area (Å²) >= 11 is 0. The molecule has 0 radical (unpaired) electrons. The fourth-order valence-electron chi connectivity index (χ4n) is 3.83. The first-order chi connectivity index (χ1) is 15.5. The first kappa shape index (κ1) is 24.3. The highest BCUT2D eigenvalue weighted by molar-refractivity contribution is 5.95. The average Bonchev–Trinajstić information content (AvgIpc) is 2.82. The molecule has 0 amide bonds. The molecular formula is C23H21F5N2O3. The van der Waals surface area contributed by atoms with Gasteiger partial charge in [0.05, 0.1) is 24.3 Å². The molecule has 0 spiro atoms. The number of pyridine rings is 1. The molecule has 0 bridgehead atoms. The first-order valence-corrected chi connectivity index (χ1v) is 10.0. The highest BCUT2D eigenvalue weighted by Gasteiger charge is 2.45. The predicted molar refractivity (Wildman–Crippen MR) is 110 cm³/mol. The molecule has 1 saturated heterocycles. The number of alkyl halides is 5. The molecule has 1 aliphatic rings. The van der Waals surface area contributed by atoms with Gasteiger partial charge in [-0.25, -0.2) is 9.78 Å². The Hall–Kier alpha value is -3.30. The summed E-state index contributed by atoms with van der Waals surface area (Å²) < 4.78 is 71.5. The van der Waals surface area contributed by atoms with E-state index in [1.807, 2.05) is 0 Å². The third-order valence-corrected chi connectivity index (χ3v) is 5.64. The molecule has 2 aromatic rings. The number of ketones is 1. The molecule has 176 valence electrons. The third-order valence-electron chi connectivity index (χ3n) is 5.64. The molecule has 1 fully saturated rings. The Kier molecular flexibility index (Phi) is 6.85. The summed E-state index contributed by atoms with van der Waals surface area (Å²) in [5, 5.41) is 0. The van der Waals surface area contributed by atoms with Gasteiger partial charge in [-0.3, -0.25) is 4.79 Å². The van der Waals surface area contributed by atoms with Gasteiger partial charge in [0.1, 0.15) is 5.82 Å². The molecule has 5 nitrogen and oxygen atoms in total. The lowest BCUT2D eigenvalue weighted by molar-refractivity contribution is -0.139. The standard InChI is InChI=1S/C23H21F5N2O3/c1-3-22(24,25)20(31)18-10-6-16(14-4-8-17(9-5-14)23(26,27)28)13-30(18)19-11-7-15(12-29-19)21(32)33-2/h3-5,7-9,11-12,16,18H,1,6,10,13H2,2H3/t16?,18-/m0/s1. The second-order valence-electron chi connectivity index (χ2n) is 7.65. The van der Waals surface area contributed by atoms with Gasteiger partial charge in [0.2, 0.25) is 5.78 Å². The van der Waals surface area contributed by atoms with Crippen LogP contribution in [0.5, 0.6) is 0 Å². The monoisotopic (exact) mass is 468 g/mol. The van der Waals surface area contributed by atoms with Gasteiger partial charge in [-0.1, -0.05) is 18.7 Å². The second-order valence-corrected chi connectivity index (χ2v) is 7.65. The normalized spacial score (nSPS) is 19.2. The molecule has 0 saturated carbocycles. The highest BCUT2D eigenvalue weighted by atomic mass is 19.4. The lowest BCUT2D eigenvalue weighted by atomic mass is 9.84. The van der Waals surface area contributed by atoms with Crippen LogP contribution in [0.15, 0.2) is 55.3 Å². The van der Waals surface area contributed by atoms with E-state index in [9.17, 15) is 31.5 Å². The Labute approximate surface area is 186 Å². The van der Waals surface area contributed by atoms with Crippen LogP contribution >= 0.6 is 0 Å². The Morgan fingerprint density at radius 3 is 2.27 bits per heavy atom. The summed E-state index contributed by atoms with van der Waals surface area (Å²) in [6.45, 7) is 3.10. The van der Waals surface area contributed by atoms with Crippen molar-refractivity contribution in [3.63, 3.8) is 0 Å². The number of carbonyl (C=O) groups excluding carboxylic acids is 2. The first-order valence-electron chi connectivity index (χ1n) is 10.0. The van der Waals surface area contributed by atoms with Crippen molar-refractivity contribution in [1.29, 1.82) is 0 Å². The van der Waals surface area contributed by atoms with E-state index in [0.29, 0.717) is 12.0 Å². The van der Waals surface area contributed by atoms with Crippen molar-refractivity contribution < 1.29 is 36.3 Å². The van der Waals surface area contributed by atoms with E-state index in [4.69, 9.17) is 0 Å². The minimum atomic E-state index is -4.48. The van der Waals surface area contributed by atoms with Crippen molar-refractivity contribution in [2.24, 2.45) is 0 Å². The van der Waals surface area contributed by atoms with Crippen LogP contribution in [0.1, 0.15) is 40.2 Å². The van der Waals surface area contributed by atoms with Crippen LogP contribution in [-0.4, -0.2) is 42.4 Å². The van der Waals surface area contributed by atoms with Crippen LogP contribution in [0.3, 0.4) is 0 Å². The summed E-state index contributed by atoms with van der Waals surface area (Å²) in [5.74, 6) is -5.88. The number of rotatable bonds is 6. The molecule has 1 aromatic carbocycles. The van der Waals surface area contributed by atoms with Gasteiger partial charge in [0, 0.05) is 18.7 Å². The van der Waals surface area contributed by atoms with E-state index in [2.05, 4.69) is 16.3 Å². The summed E-state index contributed by atoms with van der Waals surface area (Å²) in [4.78, 5) is 29.8. The number of hydrogen-bond acceptors (Lipinski definition) is 5. The van der Waals surface area contributed by atoms with Crippen LogP contribution in [0.25, 0.3) is 0 Å². The molecular weight excluding hydrogens is 447 g/mol. The minimum absolute atomic E-state index is 0.0361. The number of aromatic nitrogens is 1. The van der Waals surface area contributed by atoms with Gasteiger partial charge < -0.3 is 9.64 Å². The van der Waals surface area contributed by atoms with Crippen LogP contribution in [0.4, 0.5) is 27.8 Å². The largest absolute Gasteiger partial charge is 0.465 e. The van der Waals surface area contributed by atoms with Crippen LogP contribution in [0, 0.1) is 0 Å². The SMILES string of the molecule is C=CC(F)(F)C(=O)[C@@H]1CCC(c2ccc(C(F)(F)F)cc2)CN1c1ccc(C(=O)OC)cn1. The van der Waals surface area contributed by atoms with Crippen LogP contribution < -0.4 is 4.90 Å². The maximum Gasteiger partial charge on any atom is 0.416 e. The van der Waals surface area contributed by atoms with E-state index < -0.39 is 35.5 Å². The van der Waals surface area contributed by atoms with Gasteiger partial charge in [0.25, 0.3) is 0 Å². The van der Waals surface area contributed by atoms with Crippen molar-refractivity contribution in [1.82, 2.24) is 4.98 Å². The maximum absolute atomic E-state index is 14.1. The summed E-state index contributed by atoms with van der Waals surface area (Å²) in [7, 11) is 1.20. The van der Waals surface area contributed by atoms with Gasteiger partial charge in [-0.15, -0.1) is 0 Å². The lowest BCUT2D eigenvalue weighted by Crippen LogP contribution is -2.52. The molecule has 3 rings (SSSR count). The van der Waals surface area contributed by atoms with Crippen molar-refractivity contribution in [2.75, 3.05) is 18.6 Å². The van der Waals surface area contributed by atoms with Crippen molar-refractivity contribution in [3.8, 4) is 0 Å². The number of carbonyl (C=O) groups is 2. The summed E-state index contributed by atoms with van der Waals surface area (Å²) in [6.07, 6.45) is -2.64. The van der Waals surface area contributed by atoms with Gasteiger partial charge in [-0.05, 0) is 48.7 Å². The number of anilines is 1. The molecule has 0 aliphatic carbocycles. The zero-order valence-corrected chi connectivity index (χ0v) is 17.6. The minimum Gasteiger partial charge on any atom is -0.465 e. The van der Waals surface area contributed by atoms with E-state index in [1.54, 1.807) is 0 Å². The van der Waals surface area contributed by atoms with Crippen molar-refractivity contribution in [3.05, 3.63) is 71.9 Å². The number of methoxy groups -OCH3 is 1. The van der Waals surface area contributed by atoms with Gasteiger partial charge in [-0.2, -0.15) is 22.0 Å². The number of allylic oxidation sites excluding steroid dienone is 1. The Morgan fingerprint density at radius 1 is 1.09 bits per heavy atom. The zero-order chi connectivity index (χ0) is 24.4. The molecule has 1 aromatic heterocycles. The average molecular weight is 468 g/mol. The number of hydrogen-bond donors (Lipinski definition) is 0. The number of halogens is 5. The van der Waals surface area contributed by atoms with Crippen LogP contribution in [-0.2, 0) is 15.7 Å². The predicted octanol–water partition coefficient (Wildman–Crippen LogP) is 5.03. The number of esters is 1. The number of Topliss-reactive ketones (excluding diaryl/α,β-unsaturated/α-hetero) is 1. The smallest absolute Gasteiger partial charge is 0.416 e. The number of nitrogens with zero attached hydrogens (tertiary/aromatic N) is 2. The topological polar surface area (TPSA) is 59.5 Å². The number of piperidine rings is 1. The van der Waals surface area contributed by atoms with E-state index in [0.717, 1.165) is 12.1 Å². The van der Waals surface area contributed by atoms with Gasteiger partial charge >= 0.3 is 18.1 Å². The fraction of sp³-hybridized carbons (Fsp3) is 0.348. The molecule has 33 heavy (non-hydrogen) atoms. The summed E-state index contributed by atoms with van der Waals surface area (Å²) in [5.41, 5.74) is -0.0740. The number of benzene rings is 1. The van der Waals surface area contributed by atoms with Crippen molar-refractivity contribution in [2.45, 2.75) is 36.9 Å². The zero-order valence-electron chi connectivity index (χ0n) is 17.6. The van der Waals surface area contributed by atoms with Gasteiger partial charge in [0.15, 0.2) is 0 Å². The highest BCUT2D eigenvalue weighted by Crippen LogP contribution is 2.37. The fourth-order valence-corrected chi connectivity index (χ4v) is 3.83. The molecule has 2 atom stereocenters. The lowest BCUT2D eigenvalue weighted by Gasteiger charge is -2.40. The second kappa shape index (κ2) is 9.29. The Morgan fingerprint density at radius 2 is 1.76 bits per heavy atom. The quantitative estimate of drug-likeness (QED) is 0.338. The Balaban J connectivity index is 1.93. The van der Waals surface area contributed by atoms with E-state index >= 15 is 0 Å². The maximum atomic E-state index is 14.1. The molecule has 2 heterocycles. The molecule has 1 unspecified atom stereocenters. The van der Waals surface area contributed by atoms with E-state index in [-0.39, 0.29) is 36.3 Å². The van der Waals surface area contributed by atoms with Crippen molar-refractivity contribution >= 4 is 17.6 Å². The van der Waals surface area contributed by atoms with Crippen LogP contribution in [0.2, 0.25) is 0 Å². The Bertz CT molecular complexity index is 1020. The summed E-state index contributed by atoms with van der Waals surface area (Å²) in [6, 6.07) is 6.20. The number of ether oxygens (including phenoxy) is 1. The third kappa shape index (κ3) is 5.20. The molecule has 10 heteroatoms. The van der Waals surface area contributed by atoms with E-state index in [1.165, 1.54) is 42.5 Å². The molecule has 0 N–H and O–H groups in total. The molecule has 1 aliphatic heterocycles.